The predicted molar refractivity (Wildman–Crippen MR) is 85.4 cm³/mol. The van der Waals surface area contributed by atoms with E-state index in [2.05, 4.69) is 16.3 Å². The van der Waals surface area contributed by atoms with Gasteiger partial charge in [0.1, 0.15) is 9.84 Å². The lowest BCUT2D eigenvalue weighted by Crippen LogP contribution is -2.49. The molecule has 0 bridgehead atoms. The topological polar surface area (TPSA) is 57.7 Å². The number of nitrogens with zero attached hydrogens (tertiary/aromatic N) is 2. The second-order valence-electron chi connectivity index (χ2n) is 5.48. The number of hydrogen-bond acceptors (Lipinski definition) is 5. The van der Waals surface area contributed by atoms with E-state index in [-0.39, 0.29) is 11.7 Å². The second kappa shape index (κ2) is 7.38. The molecule has 1 aromatic rings. The lowest BCUT2D eigenvalue weighted by molar-refractivity contribution is -0.132. The minimum Gasteiger partial charge on any atom is -0.340 e. The van der Waals surface area contributed by atoms with Crippen LogP contribution in [0.4, 0.5) is 0 Å². The fourth-order valence-electron chi connectivity index (χ4n) is 2.36. The Morgan fingerprint density at radius 1 is 1.29 bits per heavy atom. The van der Waals surface area contributed by atoms with E-state index in [1.54, 1.807) is 11.3 Å². The Morgan fingerprint density at radius 2 is 2.00 bits per heavy atom. The van der Waals surface area contributed by atoms with Gasteiger partial charge in [-0.3, -0.25) is 9.69 Å². The van der Waals surface area contributed by atoms with Crippen molar-refractivity contribution in [2.45, 2.75) is 12.8 Å². The molecule has 1 aliphatic heterocycles. The molecule has 0 aliphatic carbocycles. The molecule has 1 amide bonds. The van der Waals surface area contributed by atoms with Crippen LogP contribution in [-0.4, -0.2) is 68.9 Å². The van der Waals surface area contributed by atoms with Gasteiger partial charge in [-0.25, -0.2) is 8.42 Å². The van der Waals surface area contributed by atoms with Crippen molar-refractivity contribution in [3.63, 3.8) is 0 Å². The van der Waals surface area contributed by atoms with Crippen molar-refractivity contribution >= 4 is 27.1 Å². The number of carbonyl (C=O) groups is 1. The van der Waals surface area contributed by atoms with Crippen LogP contribution in [-0.2, 0) is 21.1 Å². The van der Waals surface area contributed by atoms with Crippen molar-refractivity contribution in [1.29, 1.82) is 0 Å². The van der Waals surface area contributed by atoms with Crippen LogP contribution in [0.5, 0.6) is 0 Å². The van der Waals surface area contributed by atoms with Gasteiger partial charge < -0.3 is 4.90 Å². The SMILES string of the molecule is CS(=O)(=O)CCN1CCN(C(=O)CCc2ccsc2)CC1. The maximum atomic E-state index is 12.1. The Bertz CT molecular complexity index is 547. The molecule has 0 unspecified atom stereocenters. The van der Waals surface area contributed by atoms with E-state index in [4.69, 9.17) is 0 Å². The van der Waals surface area contributed by atoms with Crippen LogP contribution in [0.25, 0.3) is 0 Å². The van der Waals surface area contributed by atoms with E-state index in [9.17, 15) is 13.2 Å². The summed E-state index contributed by atoms with van der Waals surface area (Å²) in [4.78, 5) is 16.1. The van der Waals surface area contributed by atoms with Gasteiger partial charge in [-0.2, -0.15) is 11.3 Å². The lowest BCUT2D eigenvalue weighted by Gasteiger charge is -2.34. The number of sulfone groups is 1. The summed E-state index contributed by atoms with van der Waals surface area (Å²) in [6.07, 6.45) is 2.62. The highest BCUT2D eigenvalue weighted by Gasteiger charge is 2.21. The molecule has 1 fully saturated rings. The molecule has 118 valence electrons. The fourth-order valence-corrected chi connectivity index (χ4v) is 3.65. The highest BCUT2D eigenvalue weighted by molar-refractivity contribution is 7.90. The van der Waals surface area contributed by atoms with E-state index in [0.717, 1.165) is 19.5 Å². The molecular weight excluding hydrogens is 308 g/mol. The lowest BCUT2D eigenvalue weighted by atomic mass is 10.1. The van der Waals surface area contributed by atoms with Gasteiger partial charge in [0.2, 0.25) is 5.91 Å². The average molecular weight is 330 g/mol. The molecule has 0 saturated carbocycles. The maximum absolute atomic E-state index is 12.1. The standard InChI is InChI=1S/C14H22N2O3S2/c1-21(18,19)11-9-15-5-7-16(8-6-15)14(17)3-2-13-4-10-20-12-13/h4,10,12H,2-3,5-9,11H2,1H3. The highest BCUT2D eigenvalue weighted by Crippen LogP contribution is 2.11. The monoisotopic (exact) mass is 330 g/mol. The average Bonchev–Trinajstić information content (AvgIpc) is 2.95. The first-order valence-electron chi connectivity index (χ1n) is 7.13. The number of rotatable bonds is 6. The van der Waals surface area contributed by atoms with Gasteiger partial charge in [0.25, 0.3) is 0 Å². The van der Waals surface area contributed by atoms with Crippen molar-refractivity contribution in [3.05, 3.63) is 22.4 Å². The summed E-state index contributed by atoms with van der Waals surface area (Å²) in [5, 5.41) is 4.11. The zero-order valence-electron chi connectivity index (χ0n) is 12.3. The normalized spacial score (nSPS) is 17.1. The van der Waals surface area contributed by atoms with Gasteiger partial charge in [-0.05, 0) is 28.8 Å². The van der Waals surface area contributed by atoms with Crippen molar-refractivity contribution in [3.8, 4) is 0 Å². The van der Waals surface area contributed by atoms with Crippen LogP contribution in [0.1, 0.15) is 12.0 Å². The van der Waals surface area contributed by atoms with Crippen molar-refractivity contribution < 1.29 is 13.2 Å². The molecule has 2 rings (SSSR count). The number of piperazine rings is 1. The molecule has 0 aromatic carbocycles. The number of amides is 1. The summed E-state index contributed by atoms with van der Waals surface area (Å²) in [6, 6.07) is 2.06. The van der Waals surface area contributed by atoms with E-state index < -0.39 is 9.84 Å². The molecule has 2 heterocycles. The van der Waals surface area contributed by atoms with Crippen molar-refractivity contribution in [2.24, 2.45) is 0 Å². The Balaban J connectivity index is 1.69. The van der Waals surface area contributed by atoms with Gasteiger partial charge in [-0.1, -0.05) is 0 Å². The van der Waals surface area contributed by atoms with E-state index in [0.29, 0.717) is 26.1 Å². The largest absolute Gasteiger partial charge is 0.340 e. The van der Waals surface area contributed by atoms with E-state index in [1.165, 1.54) is 11.8 Å². The van der Waals surface area contributed by atoms with Gasteiger partial charge >= 0.3 is 0 Å². The van der Waals surface area contributed by atoms with Crippen molar-refractivity contribution in [2.75, 3.05) is 44.7 Å². The van der Waals surface area contributed by atoms with Gasteiger partial charge in [0.05, 0.1) is 5.75 Å². The zero-order chi connectivity index (χ0) is 15.3. The molecule has 0 spiro atoms. The molecule has 1 aromatic heterocycles. The molecule has 1 saturated heterocycles. The molecular formula is C14H22N2O3S2. The van der Waals surface area contributed by atoms with Crippen LogP contribution >= 0.6 is 11.3 Å². The maximum Gasteiger partial charge on any atom is 0.222 e. The van der Waals surface area contributed by atoms with E-state index in [1.807, 2.05) is 10.3 Å². The van der Waals surface area contributed by atoms with E-state index >= 15 is 0 Å². The molecule has 21 heavy (non-hydrogen) atoms. The van der Waals surface area contributed by atoms with Crippen LogP contribution in [0, 0.1) is 0 Å². The predicted octanol–water partition coefficient (Wildman–Crippen LogP) is 0.870. The zero-order valence-corrected chi connectivity index (χ0v) is 14.0. The number of hydrogen-bond donors (Lipinski definition) is 0. The Morgan fingerprint density at radius 3 is 2.57 bits per heavy atom. The van der Waals surface area contributed by atoms with Gasteiger partial charge in [0, 0.05) is 45.4 Å². The first kappa shape index (κ1) is 16.5. The third-order valence-electron chi connectivity index (χ3n) is 3.71. The van der Waals surface area contributed by atoms with Gasteiger partial charge in [-0.15, -0.1) is 0 Å². The van der Waals surface area contributed by atoms with Crippen LogP contribution in [0.3, 0.4) is 0 Å². The smallest absolute Gasteiger partial charge is 0.222 e. The quantitative estimate of drug-likeness (QED) is 0.777. The van der Waals surface area contributed by atoms with Crippen LogP contribution in [0.2, 0.25) is 0 Å². The summed E-state index contributed by atoms with van der Waals surface area (Å²) in [6.45, 7) is 3.49. The first-order valence-corrected chi connectivity index (χ1v) is 10.1. The third-order valence-corrected chi connectivity index (χ3v) is 5.37. The molecule has 0 atom stereocenters. The molecule has 0 N–H and O–H groups in total. The summed E-state index contributed by atoms with van der Waals surface area (Å²) in [5.41, 5.74) is 1.22. The minimum atomic E-state index is -2.91. The van der Waals surface area contributed by atoms with Gasteiger partial charge in [0.15, 0.2) is 0 Å². The third kappa shape index (κ3) is 5.76. The molecule has 7 heteroatoms. The Hall–Kier alpha value is -0.920. The second-order valence-corrected chi connectivity index (χ2v) is 8.52. The number of thiophene rings is 1. The minimum absolute atomic E-state index is 0.194. The summed E-state index contributed by atoms with van der Waals surface area (Å²) in [7, 11) is -2.91. The molecule has 1 aliphatic rings. The Labute approximate surface area is 130 Å². The summed E-state index contributed by atoms with van der Waals surface area (Å²) < 4.78 is 22.3. The number of carbonyl (C=O) groups excluding carboxylic acids is 1. The fraction of sp³-hybridized carbons (Fsp3) is 0.643. The Kier molecular flexibility index (Phi) is 5.78. The highest BCUT2D eigenvalue weighted by atomic mass is 32.2. The van der Waals surface area contributed by atoms with Crippen LogP contribution < -0.4 is 0 Å². The summed E-state index contributed by atoms with van der Waals surface area (Å²) >= 11 is 1.65. The van der Waals surface area contributed by atoms with Crippen molar-refractivity contribution in [1.82, 2.24) is 9.80 Å². The molecule has 0 radical (unpaired) electrons. The van der Waals surface area contributed by atoms with Crippen LogP contribution in [0.15, 0.2) is 16.8 Å². The summed E-state index contributed by atoms with van der Waals surface area (Å²) in [5.74, 6) is 0.392. The first-order chi connectivity index (χ1) is 9.94. The number of aryl methyl sites for hydroxylation is 1. The molecule has 5 nitrogen and oxygen atoms in total.